The van der Waals surface area contributed by atoms with Gasteiger partial charge in [0.1, 0.15) is 6.04 Å². The van der Waals surface area contributed by atoms with Crippen LogP contribution in [0.25, 0.3) is 0 Å². The number of amides is 1. The Hall–Kier alpha value is -2.59. The van der Waals surface area contributed by atoms with E-state index in [9.17, 15) is 10.1 Å². The molecule has 1 amide bonds. The number of hydrogen-bond acceptors (Lipinski definition) is 4. The van der Waals surface area contributed by atoms with Crippen LogP contribution in [0, 0.1) is 11.3 Å². The zero-order valence-corrected chi connectivity index (χ0v) is 22.7. The normalized spacial score (nSPS) is 15.3. The first-order chi connectivity index (χ1) is 17.5. The minimum absolute atomic E-state index is 0. The van der Waals surface area contributed by atoms with E-state index in [2.05, 4.69) is 11.4 Å². The van der Waals surface area contributed by atoms with Crippen LogP contribution in [0.4, 0.5) is 0 Å². The molecule has 1 N–H and O–H groups in total. The van der Waals surface area contributed by atoms with Gasteiger partial charge < -0.3 is 9.64 Å². The van der Waals surface area contributed by atoms with E-state index in [1.54, 1.807) is 12.1 Å². The van der Waals surface area contributed by atoms with Crippen LogP contribution in [0.5, 0.6) is 0 Å². The lowest BCUT2D eigenvalue weighted by Gasteiger charge is -2.39. The van der Waals surface area contributed by atoms with Gasteiger partial charge in [-0.05, 0) is 41.7 Å². The van der Waals surface area contributed by atoms with Crippen LogP contribution >= 0.6 is 35.6 Å². The van der Waals surface area contributed by atoms with Gasteiger partial charge in [0.25, 0.3) is 0 Å². The Kier molecular flexibility index (Phi) is 10.8. The Balaban J connectivity index is 0.00000380. The average molecular weight is 559 g/mol. The summed E-state index contributed by atoms with van der Waals surface area (Å²) < 4.78 is 5.94. The highest BCUT2D eigenvalue weighted by Gasteiger charge is 2.38. The van der Waals surface area contributed by atoms with Crippen molar-refractivity contribution < 1.29 is 9.53 Å². The van der Waals surface area contributed by atoms with Crippen molar-refractivity contribution in [3.05, 3.63) is 106 Å². The van der Waals surface area contributed by atoms with Crippen molar-refractivity contribution >= 4 is 41.5 Å². The molecule has 0 saturated carbocycles. The van der Waals surface area contributed by atoms with Gasteiger partial charge in [-0.3, -0.25) is 10.1 Å². The van der Waals surface area contributed by atoms with Crippen LogP contribution in [-0.2, 0) is 28.1 Å². The first-order valence-corrected chi connectivity index (χ1v) is 12.8. The molecule has 1 atom stereocenters. The van der Waals surface area contributed by atoms with E-state index < -0.39 is 11.5 Å². The molecule has 1 aliphatic rings. The van der Waals surface area contributed by atoms with E-state index in [1.165, 1.54) is 0 Å². The Morgan fingerprint density at radius 1 is 0.973 bits per heavy atom. The predicted molar refractivity (Wildman–Crippen MR) is 150 cm³/mol. The summed E-state index contributed by atoms with van der Waals surface area (Å²) in [7, 11) is 0. The molecule has 0 bridgehead atoms. The molecular formula is C29H30Cl3N3O2. The largest absolute Gasteiger partial charge is 0.375 e. The fourth-order valence-electron chi connectivity index (χ4n) is 4.53. The lowest BCUT2D eigenvalue weighted by Crippen LogP contribution is -2.53. The standard InChI is InChI=1S/C29H29Cl2N3O2.ClH/c30-25-12-11-23(17-26(25)31)19-36-20-27(33-18-22-7-3-1-4-8-22)28(35)34-15-13-29(21-32,14-16-34)24-9-5-2-6-10-24;/h1-12,17,27,33H,13-16,18-20H2;1H. The maximum atomic E-state index is 13.6. The average Bonchev–Trinajstić information content (AvgIpc) is 2.93. The van der Waals surface area contributed by atoms with Gasteiger partial charge in [-0.25, -0.2) is 0 Å². The molecule has 37 heavy (non-hydrogen) atoms. The minimum Gasteiger partial charge on any atom is -0.375 e. The summed E-state index contributed by atoms with van der Waals surface area (Å²) in [4.78, 5) is 15.4. The lowest BCUT2D eigenvalue weighted by atomic mass is 9.74. The molecule has 1 heterocycles. The van der Waals surface area contributed by atoms with Gasteiger partial charge in [0.05, 0.1) is 34.7 Å². The summed E-state index contributed by atoms with van der Waals surface area (Å²) in [6.07, 6.45) is 1.21. The number of carbonyl (C=O) groups excluding carboxylic acids is 1. The monoisotopic (exact) mass is 557 g/mol. The fourth-order valence-corrected chi connectivity index (χ4v) is 4.85. The molecule has 0 aromatic heterocycles. The first kappa shape index (κ1) is 29.0. The number of benzene rings is 3. The van der Waals surface area contributed by atoms with E-state index in [-0.39, 0.29) is 24.9 Å². The summed E-state index contributed by atoms with van der Waals surface area (Å²) in [5.41, 5.74) is 2.43. The molecule has 8 heteroatoms. The number of hydrogen-bond donors (Lipinski definition) is 1. The third-order valence-corrected chi connectivity index (χ3v) is 7.44. The van der Waals surface area contributed by atoms with E-state index in [0.29, 0.717) is 49.1 Å². The number of piperidine rings is 1. The molecule has 1 fully saturated rings. The second-order valence-corrected chi connectivity index (χ2v) is 9.88. The zero-order valence-electron chi connectivity index (χ0n) is 20.4. The van der Waals surface area contributed by atoms with E-state index in [0.717, 1.165) is 16.7 Å². The van der Waals surface area contributed by atoms with Crippen molar-refractivity contribution in [3.63, 3.8) is 0 Å². The zero-order chi connectivity index (χ0) is 25.4. The van der Waals surface area contributed by atoms with Gasteiger partial charge in [-0.1, -0.05) is 89.9 Å². The second-order valence-electron chi connectivity index (χ2n) is 9.07. The summed E-state index contributed by atoms with van der Waals surface area (Å²) in [5, 5.41) is 14.3. The van der Waals surface area contributed by atoms with Gasteiger partial charge in [0.15, 0.2) is 0 Å². The number of carbonyl (C=O) groups is 1. The third kappa shape index (κ3) is 7.47. The maximum Gasteiger partial charge on any atom is 0.242 e. The highest BCUT2D eigenvalue weighted by molar-refractivity contribution is 6.42. The topological polar surface area (TPSA) is 65.4 Å². The summed E-state index contributed by atoms with van der Waals surface area (Å²) in [6.45, 7) is 2.13. The fraction of sp³-hybridized carbons (Fsp3) is 0.310. The molecular weight excluding hydrogens is 529 g/mol. The van der Waals surface area contributed by atoms with Crippen molar-refractivity contribution in [2.45, 2.75) is 37.5 Å². The van der Waals surface area contributed by atoms with Crippen LogP contribution < -0.4 is 5.32 Å². The van der Waals surface area contributed by atoms with Gasteiger partial charge in [-0.2, -0.15) is 5.26 Å². The highest BCUT2D eigenvalue weighted by atomic mass is 35.5. The molecule has 1 aliphatic heterocycles. The molecule has 0 spiro atoms. The Labute approximate surface area is 234 Å². The molecule has 3 aromatic rings. The highest BCUT2D eigenvalue weighted by Crippen LogP contribution is 2.35. The van der Waals surface area contributed by atoms with Crippen LogP contribution in [0.1, 0.15) is 29.5 Å². The number of likely N-dealkylation sites (tertiary alicyclic amines) is 1. The molecule has 0 radical (unpaired) electrons. The summed E-state index contributed by atoms with van der Waals surface area (Å²) >= 11 is 12.1. The predicted octanol–water partition coefficient (Wildman–Crippen LogP) is 6.17. The summed E-state index contributed by atoms with van der Waals surface area (Å²) in [5.74, 6) is -0.0142. The SMILES string of the molecule is Cl.N#CC1(c2ccccc2)CCN(C(=O)C(COCc2ccc(Cl)c(Cl)c2)NCc2ccccc2)CC1. The van der Waals surface area contributed by atoms with Gasteiger partial charge in [0, 0.05) is 19.6 Å². The maximum absolute atomic E-state index is 13.6. The van der Waals surface area contributed by atoms with Crippen molar-refractivity contribution in [1.82, 2.24) is 10.2 Å². The number of nitriles is 1. The van der Waals surface area contributed by atoms with Crippen LogP contribution in [-0.4, -0.2) is 36.5 Å². The number of nitrogens with one attached hydrogen (secondary N) is 1. The Morgan fingerprint density at radius 2 is 1.62 bits per heavy atom. The van der Waals surface area contributed by atoms with Crippen molar-refractivity contribution in [3.8, 4) is 6.07 Å². The van der Waals surface area contributed by atoms with Crippen molar-refractivity contribution in [2.75, 3.05) is 19.7 Å². The third-order valence-electron chi connectivity index (χ3n) is 6.70. The van der Waals surface area contributed by atoms with Crippen LogP contribution in [0.15, 0.2) is 78.9 Å². The van der Waals surface area contributed by atoms with E-state index in [4.69, 9.17) is 27.9 Å². The van der Waals surface area contributed by atoms with Crippen molar-refractivity contribution in [2.24, 2.45) is 0 Å². The molecule has 5 nitrogen and oxygen atoms in total. The number of ether oxygens (including phenoxy) is 1. The molecule has 194 valence electrons. The van der Waals surface area contributed by atoms with Crippen molar-refractivity contribution in [1.29, 1.82) is 5.26 Å². The number of nitrogens with zero attached hydrogens (tertiary/aromatic N) is 2. The smallest absolute Gasteiger partial charge is 0.242 e. The van der Waals surface area contributed by atoms with Gasteiger partial charge in [-0.15, -0.1) is 12.4 Å². The first-order valence-electron chi connectivity index (χ1n) is 12.1. The number of halogens is 3. The Morgan fingerprint density at radius 3 is 2.24 bits per heavy atom. The molecule has 1 saturated heterocycles. The van der Waals surface area contributed by atoms with Gasteiger partial charge in [0.2, 0.25) is 5.91 Å². The molecule has 0 aliphatic carbocycles. The van der Waals surface area contributed by atoms with E-state index >= 15 is 0 Å². The quantitative estimate of drug-likeness (QED) is 0.341. The molecule has 1 unspecified atom stereocenters. The number of rotatable bonds is 9. The molecule has 3 aromatic carbocycles. The summed E-state index contributed by atoms with van der Waals surface area (Å²) in [6, 6.07) is 27.2. The van der Waals surface area contributed by atoms with Crippen LogP contribution in [0.2, 0.25) is 10.0 Å². The lowest BCUT2D eigenvalue weighted by molar-refractivity contribution is -0.136. The minimum atomic E-state index is -0.560. The van der Waals surface area contributed by atoms with E-state index in [1.807, 2.05) is 71.6 Å². The van der Waals surface area contributed by atoms with Gasteiger partial charge >= 0.3 is 0 Å². The van der Waals surface area contributed by atoms with Crippen LogP contribution in [0.3, 0.4) is 0 Å². The second kappa shape index (κ2) is 13.8. The Bertz CT molecular complexity index is 1190. The molecule has 4 rings (SSSR count).